The highest BCUT2D eigenvalue weighted by Gasteiger charge is 2.42. The van der Waals surface area contributed by atoms with Gasteiger partial charge in [0.1, 0.15) is 0 Å². The summed E-state index contributed by atoms with van der Waals surface area (Å²) in [6, 6.07) is 191. The fourth-order valence-corrected chi connectivity index (χ4v) is 24.4. The molecular weight excluding hydrogens is 1810 g/mol. The first-order valence-corrected chi connectivity index (χ1v) is 52.6. The topological polar surface area (TPSA) is 13.0 Å². The zero-order chi connectivity index (χ0) is 102. The second-order valence-electron chi connectivity index (χ2n) is 42.8. The molecule has 720 valence electrons. The molecule has 4 aliphatic rings. The standard InChI is InChI=1S/C57H46N2.C46H37N.C43H33N/c1-39-15-11-13-21-55(39)58(47-28-23-43(24-29-47)41-17-7-5-8-18-41)49-32-27-45-36-52-51-34-33-50(38-54(51)57(3,4)53(52)37-46(45)35-49)59(56-22-14-12-16-40(56)2)48-30-25-44(26-31-48)42-19-9-6-10-20-42;1-45(2)39-20-12-10-16-34(39)35-27-26-33(28-41(35)45)47(32-24-22-31(23-25-32)30-14-6-5-7-15-30)43-29-42-44(37-18-9-8-17-36(37)43)38-19-11-13-21-40(38)46(42,3)4;1-43(2)41-28-35-16-10-9-15-34(35)27-40(41)39-26-25-38(29-42(39)43)44(36-21-17-32(18-22-36)30-11-5-3-6-12-30)37-23-19-33(20-24-37)31-13-7-4-8-14-31/h5-38H,1-4H3;5-29H,1-4H3;3-29H,1-2H3. The van der Waals surface area contributed by atoms with E-state index in [-0.39, 0.29) is 21.7 Å². The van der Waals surface area contributed by atoms with Gasteiger partial charge in [-0.05, 0) is 348 Å². The van der Waals surface area contributed by atoms with Crippen LogP contribution in [0.2, 0.25) is 0 Å². The molecule has 4 aliphatic carbocycles. The lowest BCUT2D eigenvalue weighted by Gasteiger charge is -2.31. The zero-order valence-electron chi connectivity index (χ0n) is 86.4. The van der Waals surface area contributed by atoms with Crippen molar-refractivity contribution in [1.82, 2.24) is 0 Å². The van der Waals surface area contributed by atoms with Crippen molar-refractivity contribution in [3.63, 3.8) is 0 Å². The van der Waals surface area contributed by atoms with E-state index in [2.05, 4.69) is 611 Å². The summed E-state index contributed by atoms with van der Waals surface area (Å²) < 4.78 is 0. The van der Waals surface area contributed by atoms with Gasteiger partial charge in [-0.3, -0.25) is 0 Å². The van der Waals surface area contributed by atoms with Gasteiger partial charge in [0.2, 0.25) is 0 Å². The van der Waals surface area contributed by atoms with Crippen LogP contribution in [-0.4, -0.2) is 0 Å². The van der Waals surface area contributed by atoms with Gasteiger partial charge in [0.25, 0.3) is 0 Å². The highest BCUT2D eigenvalue weighted by molar-refractivity contribution is 6.11. The summed E-state index contributed by atoms with van der Waals surface area (Å²) in [5, 5.41) is 7.63. The average molecular weight is 1930 g/mol. The molecular formula is C146H116N4. The van der Waals surface area contributed by atoms with E-state index >= 15 is 0 Å². The summed E-state index contributed by atoms with van der Waals surface area (Å²) in [4.78, 5) is 9.70. The van der Waals surface area contributed by atoms with Crippen molar-refractivity contribution in [3.8, 4) is 100 Å². The Morgan fingerprint density at radius 1 is 0.140 bits per heavy atom. The minimum atomic E-state index is -0.206. The molecule has 0 N–H and O–H groups in total. The monoisotopic (exact) mass is 1920 g/mol. The Balaban J connectivity index is 0.000000118. The van der Waals surface area contributed by atoms with Crippen molar-refractivity contribution in [2.75, 3.05) is 19.6 Å². The van der Waals surface area contributed by atoms with Gasteiger partial charge in [0.05, 0.1) is 5.69 Å². The molecule has 0 radical (unpaired) electrons. The van der Waals surface area contributed by atoms with Crippen LogP contribution in [0.3, 0.4) is 0 Å². The highest BCUT2D eigenvalue weighted by Crippen LogP contribution is 2.60. The van der Waals surface area contributed by atoms with E-state index < -0.39 is 0 Å². The Morgan fingerprint density at radius 2 is 0.393 bits per heavy atom. The van der Waals surface area contributed by atoms with Crippen molar-refractivity contribution in [2.24, 2.45) is 0 Å². The van der Waals surface area contributed by atoms with Crippen LogP contribution < -0.4 is 19.6 Å². The number of hydrogen-bond acceptors (Lipinski definition) is 4. The molecule has 0 unspecified atom stereocenters. The number of aryl methyl sites for hydroxylation is 2. The number of hydrogen-bond donors (Lipinski definition) is 0. The predicted octanol–water partition coefficient (Wildman–Crippen LogP) is 40.6. The molecule has 23 aromatic carbocycles. The Labute approximate surface area is 882 Å². The third kappa shape index (κ3) is 16.5. The van der Waals surface area contributed by atoms with Crippen LogP contribution >= 0.6 is 0 Å². The quantitative estimate of drug-likeness (QED) is 0.0901. The largest absolute Gasteiger partial charge is 0.310 e. The maximum absolute atomic E-state index is 2.50. The van der Waals surface area contributed by atoms with Crippen molar-refractivity contribution >= 4 is 101 Å². The second-order valence-corrected chi connectivity index (χ2v) is 42.8. The van der Waals surface area contributed by atoms with Crippen LogP contribution in [0.1, 0.15) is 111 Å². The van der Waals surface area contributed by atoms with E-state index in [1.165, 1.54) is 211 Å². The van der Waals surface area contributed by atoms with Crippen molar-refractivity contribution < 1.29 is 0 Å². The summed E-state index contributed by atoms with van der Waals surface area (Å²) in [5.74, 6) is 0. The van der Waals surface area contributed by atoms with Gasteiger partial charge in [0, 0.05) is 89.6 Å². The minimum Gasteiger partial charge on any atom is -0.310 e. The van der Waals surface area contributed by atoms with Crippen LogP contribution in [0, 0.1) is 13.8 Å². The number of rotatable bonds is 17. The molecule has 0 saturated heterocycles. The van der Waals surface area contributed by atoms with Gasteiger partial charge >= 0.3 is 0 Å². The summed E-state index contributed by atoms with van der Waals surface area (Å²) in [5.41, 5.74) is 49.8. The van der Waals surface area contributed by atoms with E-state index in [0.717, 1.165) is 45.5 Å². The van der Waals surface area contributed by atoms with Gasteiger partial charge in [-0.15, -0.1) is 0 Å². The molecule has 4 nitrogen and oxygen atoms in total. The zero-order valence-corrected chi connectivity index (χ0v) is 86.4. The second kappa shape index (κ2) is 37.8. The summed E-state index contributed by atoms with van der Waals surface area (Å²) in [6.45, 7) is 23.4. The van der Waals surface area contributed by atoms with Gasteiger partial charge < -0.3 is 19.6 Å². The number of para-hydroxylation sites is 2. The highest BCUT2D eigenvalue weighted by atomic mass is 15.2. The van der Waals surface area contributed by atoms with Crippen LogP contribution in [-0.2, 0) is 21.7 Å². The van der Waals surface area contributed by atoms with Gasteiger partial charge in [0.15, 0.2) is 0 Å². The van der Waals surface area contributed by atoms with Crippen LogP contribution in [0.15, 0.2) is 522 Å². The minimum absolute atomic E-state index is 0.0889. The molecule has 0 saturated carbocycles. The molecule has 0 heterocycles. The Morgan fingerprint density at radius 3 is 0.800 bits per heavy atom. The van der Waals surface area contributed by atoms with E-state index in [9.17, 15) is 0 Å². The predicted molar refractivity (Wildman–Crippen MR) is 637 cm³/mol. The van der Waals surface area contributed by atoms with Crippen LogP contribution in [0.4, 0.5) is 68.2 Å². The summed E-state index contributed by atoms with van der Waals surface area (Å²) in [6.07, 6.45) is 0. The van der Waals surface area contributed by atoms with E-state index in [4.69, 9.17) is 0 Å². The number of anilines is 12. The molecule has 27 rings (SSSR count). The first-order valence-electron chi connectivity index (χ1n) is 52.6. The third-order valence-corrected chi connectivity index (χ3v) is 32.4. The number of benzene rings is 23. The Hall–Kier alpha value is -18.0. The van der Waals surface area contributed by atoms with Crippen molar-refractivity contribution in [3.05, 3.63) is 577 Å². The number of nitrogens with zero attached hydrogens (tertiary/aromatic N) is 4. The van der Waals surface area contributed by atoms with Crippen molar-refractivity contribution in [2.45, 2.75) is 90.9 Å². The smallest absolute Gasteiger partial charge is 0.0543 e. The Bertz CT molecular complexity index is 9000. The van der Waals surface area contributed by atoms with E-state index in [1.54, 1.807) is 0 Å². The molecule has 23 aromatic rings. The summed E-state index contributed by atoms with van der Waals surface area (Å²) >= 11 is 0. The maximum Gasteiger partial charge on any atom is 0.0543 e. The number of fused-ring (bicyclic) bond motifs is 16. The van der Waals surface area contributed by atoms with E-state index in [0.29, 0.717) is 0 Å². The average Bonchev–Trinajstić information content (AvgIpc) is 1.56. The summed E-state index contributed by atoms with van der Waals surface area (Å²) in [7, 11) is 0. The lowest BCUT2D eigenvalue weighted by Crippen LogP contribution is -2.18. The molecule has 0 atom stereocenters. The Kier molecular flexibility index (Phi) is 23.5. The van der Waals surface area contributed by atoms with Crippen LogP contribution in [0.5, 0.6) is 0 Å². The lowest BCUT2D eigenvalue weighted by molar-refractivity contribution is 0.660. The molecule has 150 heavy (non-hydrogen) atoms. The van der Waals surface area contributed by atoms with Gasteiger partial charge in [-0.1, -0.05) is 425 Å². The first kappa shape index (κ1) is 93.1. The fraction of sp³-hybridized carbons (Fsp3) is 0.0959. The molecule has 0 fully saturated rings. The molecule has 0 aromatic heterocycles. The SMILES string of the molecule is CC1(C)c2cc(N(c3ccc(-c4ccccc4)cc3)c3ccc(-c4ccccc4)cc3)ccc2-c2cc3ccccc3cc21.CC1(C)c2ccccc2-c2ccc(N(c3ccc(-c4ccccc4)cc3)c3cc4c(c5ccccc35)-c3ccccc3C4(C)C)cc21.Cc1ccccc1N(c1ccc(-c2ccccc2)cc1)c1ccc2c(c1)C(C)(C)c1cc3cc(N(c4ccc(-c5ccccc5)cc4)c4ccccc4C)ccc3cc1-2. The van der Waals surface area contributed by atoms with Crippen LogP contribution in [0.25, 0.3) is 132 Å². The fourth-order valence-electron chi connectivity index (χ4n) is 24.4. The molecule has 0 spiro atoms. The lowest BCUT2D eigenvalue weighted by atomic mass is 9.81. The third-order valence-electron chi connectivity index (χ3n) is 32.4. The molecule has 0 bridgehead atoms. The normalized spacial score (nSPS) is 13.3. The van der Waals surface area contributed by atoms with Gasteiger partial charge in [-0.2, -0.15) is 0 Å². The molecule has 0 aliphatic heterocycles. The van der Waals surface area contributed by atoms with Crippen molar-refractivity contribution in [1.29, 1.82) is 0 Å². The molecule has 0 amide bonds. The molecule has 4 heteroatoms. The maximum atomic E-state index is 2.50. The van der Waals surface area contributed by atoms with E-state index in [1.807, 2.05) is 0 Å². The first-order chi connectivity index (χ1) is 73.2. The van der Waals surface area contributed by atoms with Gasteiger partial charge in [-0.25, -0.2) is 0 Å².